The first-order valence-electron chi connectivity index (χ1n) is 8.74. The zero-order chi connectivity index (χ0) is 20.1. The van der Waals surface area contributed by atoms with Crippen molar-refractivity contribution in [3.8, 4) is 17.4 Å². The molecule has 0 saturated heterocycles. The van der Waals surface area contributed by atoms with E-state index in [0.29, 0.717) is 34.4 Å². The van der Waals surface area contributed by atoms with Crippen LogP contribution in [-0.2, 0) is 4.74 Å². The molecule has 146 valence electrons. The molecule has 0 spiro atoms. The Morgan fingerprint density at radius 3 is 2.54 bits per heavy atom. The molecular weight excluding hydrogens is 401 g/mol. The van der Waals surface area contributed by atoms with Gasteiger partial charge in [-0.2, -0.15) is 9.67 Å². The Morgan fingerprint density at radius 2 is 1.86 bits per heavy atom. The van der Waals surface area contributed by atoms with Gasteiger partial charge in [0.1, 0.15) is 6.61 Å². The molecule has 0 saturated carbocycles. The first kappa shape index (κ1) is 20.3. The van der Waals surface area contributed by atoms with Crippen LogP contribution in [0.3, 0.4) is 0 Å². The van der Waals surface area contributed by atoms with Crippen LogP contribution in [0.15, 0.2) is 42.5 Å². The van der Waals surface area contributed by atoms with E-state index >= 15 is 0 Å². The Balaban J connectivity index is 1.99. The summed E-state index contributed by atoms with van der Waals surface area (Å²) in [4.78, 5) is 17.4. The highest BCUT2D eigenvalue weighted by Crippen LogP contribution is 2.30. The van der Waals surface area contributed by atoms with E-state index in [9.17, 15) is 4.79 Å². The Hall–Kier alpha value is -2.41. The molecule has 0 aliphatic rings. The molecule has 0 atom stereocenters. The van der Waals surface area contributed by atoms with Crippen molar-refractivity contribution in [2.75, 3.05) is 19.8 Å². The summed E-state index contributed by atoms with van der Waals surface area (Å²) in [5.41, 5.74) is 2.05. The van der Waals surface area contributed by atoms with Gasteiger partial charge >= 0.3 is 6.01 Å². The molecule has 1 heterocycles. The molecule has 0 radical (unpaired) electrons. The third-order valence-corrected chi connectivity index (χ3v) is 4.46. The van der Waals surface area contributed by atoms with Crippen LogP contribution in [0.1, 0.15) is 22.8 Å². The minimum Gasteiger partial charge on any atom is -0.460 e. The van der Waals surface area contributed by atoms with Crippen molar-refractivity contribution in [3.63, 3.8) is 0 Å². The maximum atomic E-state index is 13.0. The largest absolute Gasteiger partial charge is 0.460 e. The van der Waals surface area contributed by atoms with E-state index in [0.717, 1.165) is 5.56 Å². The molecule has 2 aromatic carbocycles. The number of ether oxygens (including phenoxy) is 2. The minimum absolute atomic E-state index is 0.0705. The van der Waals surface area contributed by atoms with E-state index in [-0.39, 0.29) is 24.3 Å². The number of carbonyl (C=O) groups is 1. The Morgan fingerprint density at radius 1 is 1.11 bits per heavy atom. The van der Waals surface area contributed by atoms with Crippen molar-refractivity contribution in [1.29, 1.82) is 0 Å². The zero-order valence-electron chi connectivity index (χ0n) is 15.5. The molecule has 3 aromatic rings. The van der Waals surface area contributed by atoms with E-state index in [1.165, 1.54) is 4.68 Å². The van der Waals surface area contributed by atoms with Crippen LogP contribution in [0.4, 0.5) is 0 Å². The van der Waals surface area contributed by atoms with E-state index in [1.807, 2.05) is 26.0 Å². The van der Waals surface area contributed by atoms with Gasteiger partial charge < -0.3 is 9.47 Å². The minimum atomic E-state index is -0.340. The normalized spacial score (nSPS) is 10.9. The lowest BCUT2D eigenvalue weighted by Gasteiger charge is -2.07. The van der Waals surface area contributed by atoms with Crippen LogP contribution < -0.4 is 4.74 Å². The van der Waals surface area contributed by atoms with Gasteiger partial charge in [0, 0.05) is 22.8 Å². The Bertz CT molecular complexity index is 971. The molecule has 0 aliphatic carbocycles. The molecule has 6 nitrogen and oxygen atoms in total. The smallest absolute Gasteiger partial charge is 0.336 e. The van der Waals surface area contributed by atoms with Gasteiger partial charge in [0.05, 0.1) is 11.6 Å². The van der Waals surface area contributed by atoms with Crippen LogP contribution in [0, 0.1) is 6.92 Å². The molecule has 8 heteroatoms. The molecule has 0 aliphatic heterocycles. The summed E-state index contributed by atoms with van der Waals surface area (Å²) in [7, 11) is 0. The van der Waals surface area contributed by atoms with E-state index < -0.39 is 0 Å². The molecule has 1 aromatic heterocycles. The maximum Gasteiger partial charge on any atom is 0.336 e. The van der Waals surface area contributed by atoms with E-state index in [4.69, 9.17) is 32.7 Å². The maximum absolute atomic E-state index is 13.0. The van der Waals surface area contributed by atoms with Crippen molar-refractivity contribution in [2.24, 2.45) is 0 Å². The topological polar surface area (TPSA) is 66.2 Å². The quantitative estimate of drug-likeness (QED) is 0.520. The van der Waals surface area contributed by atoms with Crippen LogP contribution in [0.25, 0.3) is 11.4 Å². The average molecular weight is 420 g/mol. The first-order valence-corrected chi connectivity index (χ1v) is 9.49. The predicted octanol–water partition coefficient (Wildman–Crippen LogP) is 4.66. The molecule has 0 bridgehead atoms. The summed E-state index contributed by atoms with van der Waals surface area (Å²) in [5, 5.41) is 5.08. The highest BCUT2D eigenvalue weighted by Gasteiger charge is 2.21. The van der Waals surface area contributed by atoms with Gasteiger partial charge in [-0.15, -0.1) is 5.10 Å². The van der Waals surface area contributed by atoms with Crippen molar-refractivity contribution >= 4 is 29.1 Å². The second-order valence-electron chi connectivity index (χ2n) is 5.97. The van der Waals surface area contributed by atoms with Crippen molar-refractivity contribution in [3.05, 3.63) is 63.6 Å². The molecule has 0 N–H and O–H groups in total. The van der Waals surface area contributed by atoms with Gasteiger partial charge in [-0.05, 0) is 44.2 Å². The zero-order valence-corrected chi connectivity index (χ0v) is 17.0. The van der Waals surface area contributed by atoms with Gasteiger partial charge in [0.25, 0.3) is 5.91 Å². The molecule has 0 amide bonds. The molecule has 3 rings (SSSR count). The lowest BCUT2D eigenvalue weighted by atomic mass is 10.1. The summed E-state index contributed by atoms with van der Waals surface area (Å²) in [6, 6.07) is 12.2. The van der Waals surface area contributed by atoms with Crippen molar-refractivity contribution in [1.82, 2.24) is 14.8 Å². The van der Waals surface area contributed by atoms with Crippen LogP contribution in [0.2, 0.25) is 10.0 Å². The fourth-order valence-corrected chi connectivity index (χ4v) is 2.99. The monoisotopic (exact) mass is 419 g/mol. The third kappa shape index (κ3) is 4.70. The molecule has 0 unspecified atom stereocenters. The third-order valence-electron chi connectivity index (χ3n) is 3.91. The predicted molar refractivity (Wildman–Crippen MR) is 108 cm³/mol. The molecular formula is C20H19Cl2N3O3. The Labute approximate surface area is 173 Å². The fourth-order valence-electron chi connectivity index (χ4n) is 2.50. The van der Waals surface area contributed by atoms with Gasteiger partial charge in [-0.25, -0.2) is 0 Å². The number of carbonyl (C=O) groups excluding carboxylic acids is 1. The SMILES string of the molecule is CCOCCOc1nc(-c2ccc(Cl)cc2Cl)n(C(=O)c2ccc(C)cc2)n1. The summed E-state index contributed by atoms with van der Waals surface area (Å²) in [5.74, 6) is -0.0631. The number of aromatic nitrogens is 3. The number of nitrogens with zero attached hydrogens (tertiary/aromatic N) is 3. The second kappa shape index (κ2) is 9.19. The lowest BCUT2D eigenvalue weighted by molar-refractivity contribution is 0.0938. The van der Waals surface area contributed by atoms with E-state index in [1.54, 1.807) is 30.3 Å². The van der Waals surface area contributed by atoms with Crippen LogP contribution >= 0.6 is 23.2 Å². The number of benzene rings is 2. The van der Waals surface area contributed by atoms with Crippen LogP contribution in [-0.4, -0.2) is 40.5 Å². The average Bonchev–Trinajstić information content (AvgIpc) is 3.09. The van der Waals surface area contributed by atoms with Gasteiger partial charge in [-0.3, -0.25) is 4.79 Å². The molecule has 0 fully saturated rings. The van der Waals surface area contributed by atoms with Crippen molar-refractivity contribution < 1.29 is 14.3 Å². The summed E-state index contributed by atoms with van der Waals surface area (Å²) < 4.78 is 12.0. The number of hydrogen-bond acceptors (Lipinski definition) is 5. The van der Waals surface area contributed by atoms with Crippen molar-refractivity contribution in [2.45, 2.75) is 13.8 Å². The number of rotatable bonds is 7. The van der Waals surface area contributed by atoms with Gasteiger partial charge in [0.2, 0.25) is 0 Å². The first-order chi connectivity index (χ1) is 13.5. The van der Waals surface area contributed by atoms with Gasteiger partial charge in [0.15, 0.2) is 5.82 Å². The second-order valence-corrected chi connectivity index (χ2v) is 6.81. The highest BCUT2D eigenvalue weighted by molar-refractivity contribution is 6.36. The van der Waals surface area contributed by atoms with E-state index in [2.05, 4.69) is 10.1 Å². The standard InChI is InChI=1S/C20H19Cl2N3O3/c1-3-27-10-11-28-20-23-18(16-9-8-15(21)12-17(16)22)25(24-20)19(26)14-6-4-13(2)5-7-14/h4-9,12H,3,10-11H2,1-2H3. The number of aryl methyl sites for hydroxylation is 1. The fraction of sp³-hybridized carbons (Fsp3) is 0.250. The summed E-state index contributed by atoms with van der Waals surface area (Å²) in [6.45, 7) is 5.10. The summed E-state index contributed by atoms with van der Waals surface area (Å²) >= 11 is 12.3. The van der Waals surface area contributed by atoms with Crippen LogP contribution in [0.5, 0.6) is 6.01 Å². The molecule has 28 heavy (non-hydrogen) atoms. The lowest BCUT2D eigenvalue weighted by Crippen LogP contribution is -2.15. The number of halogens is 2. The Kier molecular flexibility index (Phi) is 6.67. The van der Waals surface area contributed by atoms with Gasteiger partial charge in [-0.1, -0.05) is 40.9 Å². The number of hydrogen-bond donors (Lipinski definition) is 0. The summed E-state index contributed by atoms with van der Waals surface area (Å²) in [6.07, 6.45) is 0. The highest BCUT2D eigenvalue weighted by atomic mass is 35.5.